The van der Waals surface area contributed by atoms with E-state index in [1.54, 1.807) is 29.4 Å². The van der Waals surface area contributed by atoms with E-state index in [2.05, 4.69) is 12.2 Å². The molecule has 0 atom stereocenters. The third-order valence-corrected chi connectivity index (χ3v) is 4.68. The van der Waals surface area contributed by atoms with Crippen LogP contribution in [0.4, 0.5) is 0 Å². The summed E-state index contributed by atoms with van der Waals surface area (Å²) in [5, 5.41) is 27.0. The van der Waals surface area contributed by atoms with Crippen LogP contribution in [0.25, 0.3) is 0 Å². The van der Waals surface area contributed by atoms with Gasteiger partial charge in [-0.25, -0.2) is 10.2 Å². The molecule has 9 heteroatoms. The van der Waals surface area contributed by atoms with Crippen molar-refractivity contribution in [3.05, 3.63) is 82.9 Å². The van der Waals surface area contributed by atoms with Gasteiger partial charge >= 0.3 is 35.5 Å². The molecule has 5 rings (SSSR count). The quantitative estimate of drug-likeness (QED) is 0.164. The number of nitrogens with one attached hydrogen (secondary N) is 1. The van der Waals surface area contributed by atoms with Gasteiger partial charge in [0.25, 0.3) is 0 Å². The van der Waals surface area contributed by atoms with Gasteiger partial charge in [-0.15, -0.1) is 0 Å². The van der Waals surface area contributed by atoms with E-state index in [4.69, 9.17) is 14.9 Å². The van der Waals surface area contributed by atoms with Crippen LogP contribution in [0, 0.1) is 5.41 Å². The predicted octanol–water partition coefficient (Wildman–Crippen LogP) is -1.66. The fraction of sp³-hybridized carbons (Fsp3) is 0.0476. The molecule has 2 aliphatic rings. The summed E-state index contributed by atoms with van der Waals surface area (Å²) in [6.45, 7) is 0. The average Bonchev–Trinajstić information content (AvgIpc) is 2.96. The van der Waals surface area contributed by atoms with Crippen molar-refractivity contribution in [3.8, 4) is 23.0 Å². The first-order valence-electron chi connectivity index (χ1n) is 8.23. The van der Waals surface area contributed by atoms with E-state index in [-0.39, 0.29) is 53.5 Å². The van der Waals surface area contributed by atoms with Crippen molar-refractivity contribution in [2.24, 2.45) is 0 Å². The Labute approximate surface area is 205 Å². The largest absolute Gasteiger partial charge is 1.00 e. The van der Waals surface area contributed by atoms with Crippen LogP contribution in [-0.4, -0.2) is 21.3 Å². The zero-order valence-electron chi connectivity index (χ0n) is 15.7. The normalized spacial score (nSPS) is 13.4. The molecule has 0 bridgehead atoms. The molecule has 3 N–H and O–H groups in total. The van der Waals surface area contributed by atoms with Crippen molar-refractivity contribution in [2.45, 2.75) is 5.60 Å². The maximum Gasteiger partial charge on any atom is 1.00 e. The van der Waals surface area contributed by atoms with Gasteiger partial charge in [0.1, 0.15) is 23.0 Å². The number of carbonyl (C=O) groups is 1. The standard InChI is InChI=1S/C20H12O5.CHNS.ClH.Na/c21-11-5-7-15-17(9-11)24-18-10-12(22)6-8-16(18)20(15)14-4-2-1-3-13(14)19(23)25-20;2-1-3;;/h1-10,21-22H;2H;1H;/q;;;+1/p-1. The minimum Gasteiger partial charge on any atom is -1.00 e. The molecule has 0 saturated carbocycles. The van der Waals surface area contributed by atoms with Crippen LogP contribution in [0.5, 0.6) is 23.0 Å². The first kappa shape index (κ1) is 23.9. The minimum atomic E-state index is -1.17. The average molecular weight is 450 g/mol. The Bertz CT molecular complexity index is 1110. The molecule has 146 valence electrons. The third kappa shape index (κ3) is 3.61. The number of hydrogen-bond donors (Lipinski definition) is 3. The van der Waals surface area contributed by atoms with Gasteiger partial charge in [0.2, 0.25) is 0 Å². The Morgan fingerprint density at radius 2 is 1.40 bits per heavy atom. The number of ether oxygens (including phenoxy) is 2. The first-order valence-corrected chi connectivity index (χ1v) is 8.63. The Balaban J connectivity index is 0.000000607. The Morgan fingerprint density at radius 3 is 1.93 bits per heavy atom. The maximum atomic E-state index is 12.5. The molecule has 30 heavy (non-hydrogen) atoms. The zero-order chi connectivity index (χ0) is 19.9. The summed E-state index contributed by atoms with van der Waals surface area (Å²) in [5.74, 6) is 0.408. The van der Waals surface area contributed by atoms with Gasteiger partial charge in [0, 0.05) is 28.8 Å². The summed E-state index contributed by atoms with van der Waals surface area (Å²) in [6, 6.07) is 16.6. The molecule has 0 amide bonds. The van der Waals surface area contributed by atoms with Gasteiger partial charge in [-0.3, -0.25) is 0 Å². The van der Waals surface area contributed by atoms with E-state index in [0.717, 1.165) is 0 Å². The van der Waals surface area contributed by atoms with Gasteiger partial charge < -0.3 is 32.1 Å². The zero-order valence-corrected chi connectivity index (χ0v) is 19.3. The summed E-state index contributed by atoms with van der Waals surface area (Å²) >= 11 is 3.81. The van der Waals surface area contributed by atoms with Crippen LogP contribution < -0.4 is 46.7 Å². The summed E-state index contributed by atoms with van der Waals surface area (Å²) in [5.41, 5.74) is 1.28. The fourth-order valence-corrected chi connectivity index (χ4v) is 3.65. The van der Waals surface area contributed by atoms with E-state index < -0.39 is 11.6 Å². The van der Waals surface area contributed by atoms with E-state index in [1.165, 1.54) is 24.3 Å². The minimum absolute atomic E-state index is 0. The van der Waals surface area contributed by atoms with Crippen molar-refractivity contribution in [1.29, 1.82) is 5.41 Å². The van der Waals surface area contributed by atoms with Crippen molar-refractivity contribution in [3.63, 3.8) is 0 Å². The molecule has 6 nitrogen and oxygen atoms in total. The second-order valence-corrected chi connectivity index (χ2v) is 6.39. The van der Waals surface area contributed by atoms with Crippen LogP contribution in [0.15, 0.2) is 60.7 Å². The molecule has 3 aromatic rings. The van der Waals surface area contributed by atoms with E-state index in [0.29, 0.717) is 33.8 Å². The van der Waals surface area contributed by atoms with Crippen molar-refractivity contribution in [2.75, 3.05) is 0 Å². The SMILES string of the molecule is N=C=S.O=C1OC2(c3ccc(O)cc3Oc3cc(O)ccc32)c2ccccc21.[Cl-].[Na+]. The number of halogens is 1. The molecule has 0 radical (unpaired) electrons. The van der Waals surface area contributed by atoms with Crippen LogP contribution in [0.2, 0.25) is 0 Å². The van der Waals surface area contributed by atoms with E-state index in [9.17, 15) is 15.0 Å². The molecule has 3 aromatic carbocycles. The maximum absolute atomic E-state index is 12.5. The number of benzene rings is 3. The summed E-state index contributed by atoms with van der Waals surface area (Å²) in [6.07, 6.45) is 0. The molecule has 1 spiro atoms. The summed E-state index contributed by atoms with van der Waals surface area (Å²) < 4.78 is 11.8. The van der Waals surface area contributed by atoms with Crippen molar-refractivity contribution in [1.82, 2.24) is 0 Å². The third-order valence-electron chi connectivity index (χ3n) is 4.68. The number of phenolic OH excluding ortho intramolecular Hbond substituents is 2. The molecular weight excluding hydrogens is 437 g/mol. The van der Waals surface area contributed by atoms with Gasteiger partial charge in [-0.2, -0.15) is 0 Å². The number of rotatable bonds is 0. The van der Waals surface area contributed by atoms with Crippen LogP contribution >= 0.6 is 12.2 Å². The van der Waals surface area contributed by atoms with Gasteiger partial charge in [0.15, 0.2) is 5.60 Å². The fourth-order valence-electron chi connectivity index (χ4n) is 3.65. The molecule has 0 aliphatic carbocycles. The first-order chi connectivity index (χ1) is 13.5. The molecular formula is C21H13ClNNaO5S. The van der Waals surface area contributed by atoms with Gasteiger partial charge in [-0.1, -0.05) is 18.2 Å². The molecule has 0 saturated heterocycles. The van der Waals surface area contributed by atoms with Crippen molar-refractivity contribution < 1.29 is 66.4 Å². The Hall–Kier alpha value is -2.38. The van der Waals surface area contributed by atoms with Crippen LogP contribution in [-0.2, 0) is 10.3 Å². The Kier molecular flexibility index (Phi) is 7.31. The second kappa shape index (κ2) is 9.18. The van der Waals surface area contributed by atoms with Gasteiger partial charge in [0.05, 0.1) is 10.7 Å². The smallest absolute Gasteiger partial charge is 1.00 e. The molecule has 2 heterocycles. The predicted molar refractivity (Wildman–Crippen MR) is 103 cm³/mol. The number of esters is 1. The van der Waals surface area contributed by atoms with Crippen LogP contribution in [0.1, 0.15) is 27.0 Å². The summed E-state index contributed by atoms with van der Waals surface area (Å²) in [4.78, 5) is 12.5. The van der Waals surface area contributed by atoms with E-state index in [1.807, 2.05) is 12.1 Å². The topological polar surface area (TPSA) is 99.8 Å². The second-order valence-electron chi connectivity index (χ2n) is 6.18. The number of carbonyl (C=O) groups excluding carboxylic acids is 1. The Morgan fingerprint density at radius 1 is 0.900 bits per heavy atom. The molecule has 0 unspecified atom stereocenters. The number of fused-ring (bicyclic) bond motifs is 6. The van der Waals surface area contributed by atoms with Gasteiger partial charge in [-0.05, 0) is 42.5 Å². The monoisotopic (exact) mass is 449 g/mol. The molecule has 0 aromatic heterocycles. The molecule has 2 aliphatic heterocycles. The number of isothiocyanates is 1. The number of hydrogen-bond acceptors (Lipinski definition) is 7. The summed E-state index contributed by atoms with van der Waals surface area (Å²) in [7, 11) is 0. The van der Waals surface area contributed by atoms with Crippen molar-refractivity contribution >= 4 is 23.3 Å². The number of phenols is 2. The number of thiocarbonyl (C=S) groups is 1. The van der Waals surface area contributed by atoms with E-state index >= 15 is 0 Å². The van der Waals surface area contributed by atoms with Crippen LogP contribution in [0.3, 0.4) is 0 Å². The number of aromatic hydroxyl groups is 2. The molecule has 0 fully saturated rings.